The Morgan fingerprint density at radius 1 is 1.25 bits per heavy atom. The highest BCUT2D eigenvalue weighted by Gasteiger charge is 2.36. The van der Waals surface area contributed by atoms with Crippen LogP contribution in [0.3, 0.4) is 0 Å². The minimum Gasteiger partial charge on any atom is -0.385 e. The van der Waals surface area contributed by atoms with E-state index in [1.165, 1.54) is 58.0 Å². The van der Waals surface area contributed by atoms with Gasteiger partial charge in [-0.2, -0.15) is 0 Å². The molecule has 1 heterocycles. The van der Waals surface area contributed by atoms with E-state index in [2.05, 4.69) is 27.4 Å². The highest BCUT2D eigenvalue weighted by molar-refractivity contribution is 5.79. The van der Waals surface area contributed by atoms with Gasteiger partial charge in [0.05, 0.1) is 0 Å². The van der Waals surface area contributed by atoms with Crippen molar-refractivity contribution >= 4 is 5.96 Å². The predicted molar refractivity (Wildman–Crippen MR) is 102 cm³/mol. The predicted octanol–water partition coefficient (Wildman–Crippen LogP) is 2.62. The number of guanidine groups is 1. The molecule has 0 aromatic heterocycles. The molecule has 24 heavy (non-hydrogen) atoms. The molecular formula is C19H38N4O. The maximum atomic E-state index is 5.27. The summed E-state index contributed by atoms with van der Waals surface area (Å²) >= 11 is 0. The van der Waals surface area contributed by atoms with E-state index in [1.54, 1.807) is 7.11 Å². The molecule has 0 aromatic rings. The third-order valence-corrected chi connectivity index (χ3v) is 5.96. The first-order valence-corrected chi connectivity index (χ1v) is 9.87. The van der Waals surface area contributed by atoms with E-state index in [-0.39, 0.29) is 0 Å². The molecular weight excluding hydrogens is 300 g/mol. The quantitative estimate of drug-likeness (QED) is 0.385. The molecule has 1 saturated heterocycles. The van der Waals surface area contributed by atoms with Crippen molar-refractivity contribution in [3.05, 3.63) is 0 Å². The van der Waals surface area contributed by atoms with Crippen LogP contribution in [0.4, 0.5) is 0 Å². The van der Waals surface area contributed by atoms with Crippen molar-refractivity contribution in [2.75, 3.05) is 46.9 Å². The lowest BCUT2D eigenvalue weighted by Gasteiger charge is -2.42. The Labute approximate surface area is 148 Å². The van der Waals surface area contributed by atoms with Crippen LogP contribution in [0.1, 0.15) is 58.3 Å². The van der Waals surface area contributed by atoms with Crippen LogP contribution in [-0.2, 0) is 4.74 Å². The van der Waals surface area contributed by atoms with Crippen molar-refractivity contribution in [3.63, 3.8) is 0 Å². The number of likely N-dealkylation sites (tertiary alicyclic amines) is 1. The number of hydrogen-bond donors (Lipinski definition) is 2. The second kappa shape index (κ2) is 10.2. The monoisotopic (exact) mass is 338 g/mol. The molecule has 5 nitrogen and oxygen atoms in total. The molecule has 2 rings (SSSR count). The summed E-state index contributed by atoms with van der Waals surface area (Å²) in [5, 5.41) is 7.02. The van der Waals surface area contributed by atoms with Gasteiger partial charge in [0.15, 0.2) is 5.96 Å². The molecule has 140 valence electrons. The fourth-order valence-corrected chi connectivity index (χ4v) is 3.98. The summed E-state index contributed by atoms with van der Waals surface area (Å²) < 4.78 is 5.27. The molecule has 0 radical (unpaired) electrons. The maximum absolute atomic E-state index is 5.27. The zero-order valence-corrected chi connectivity index (χ0v) is 16.1. The lowest BCUT2D eigenvalue weighted by atomic mass is 9.67. The van der Waals surface area contributed by atoms with Gasteiger partial charge in [0.2, 0.25) is 0 Å². The van der Waals surface area contributed by atoms with E-state index in [0.717, 1.165) is 38.1 Å². The van der Waals surface area contributed by atoms with Crippen LogP contribution in [0, 0.1) is 5.41 Å². The molecule has 1 aliphatic carbocycles. The first-order valence-electron chi connectivity index (χ1n) is 9.87. The van der Waals surface area contributed by atoms with Gasteiger partial charge in [-0.1, -0.05) is 12.8 Å². The topological polar surface area (TPSA) is 48.9 Å². The molecule has 0 aromatic carbocycles. The third kappa shape index (κ3) is 5.92. The SMILES string of the molecule is CN=C(NCCCN1CCCCC1C)NCC1(CCOC)CCC1. The van der Waals surface area contributed by atoms with Gasteiger partial charge >= 0.3 is 0 Å². The fourth-order valence-electron chi connectivity index (χ4n) is 3.98. The Kier molecular flexibility index (Phi) is 8.33. The highest BCUT2D eigenvalue weighted by atomic mass is 16.5. The van der Waals surface area contributed by atoms with Gasteiger partial charge in [0.25, 0.3) is 0 Å². The van der Waals surface area contributed by atoms with Gasteiger partial charge in [0.1, 0.15) is 0 Å². The van der Waals surface area contributed by atoms with Crippen molar-refractivity contribution in [1.82, 2.24) is 15.5 Å². The fraction of sp³-hybridized carbons (Fsp3) is 0.947. The van der Waals surface area contributed by atoms with Crippen LogP contribution < -0.4 is 10.6 Å². The molecule has 2 aliphatic rings. The molecule has 5 heteroatoms. The third-order valence-electron chi connectivity index (χ3n) is 5.96. The normalized spacial score (nSPS) is 24.5. The van der Waals surface area contributed by atoms with Crippen LogP contribution in [0.15, 0.2) is 4.99 Å². The number of aliphatic imine (C=N–C) groups is 1. The molecule has 0 spiro atoms. The average molecular weight is 339 g/mol. The summed E-state index contributed by atoms with van der Waals surface area (Å²) in [4.78, 5) is 7.01. The number of ether oxygens (including phenoxy) is 1. The minimum atomic E-state index is 0.427. The van der Waals surface area contributed by atoms with Crippen LogP contribution in [-0.4, -0.2) is 63.8 Å². The van der Waals surface area contributed by atoms with Crippen molar-refractivity contribution in [2.24, 2.45) is 10.4 Å². The number of methoxy groups -OCH3 is 1. The molecule has 1 saturated carbocycles. The van der Waals surface area contributed by atoms with Crippen LogP contribution in [0.25, 0.3) is 0 Å². The van der Waals surface area contributed by atoms with Crippen LogP contribution in [0.2, 0.25) is 0 Å². The first kappa shape index (κ1) is 19.5. The van der Waals surface area contributed by atoms with E-state index in [0.29, 0.717) is 5.41 Å². The summed E-state index contributed by atoms with van der Waals surface area (Å²) in [6.45, 7) is 7.71. The Bertz CT molecular complexity index is 382. The second-order valence-electron chi connectivity index (χ2n) is 7.68. The summed E-state index contributed by atoms with van der Waals surface area (Å²) in [7, 11) is 3.66. The van der Waals surface area contributed by atoms with E-state index >= 15 is 0 Å². The maximum Gasteiger partial charge on any atom is 0.190 e. The lowest BCUT2D eigenvalue weighted by Crippen LogP contribution is -2.47. The largest absolute Gasteiger partial charge is 0.385 e. The first-order chi connectivity index (χ1) is 11.7. The van der Waals surface area contributed by atoms with Gasteiger partial charge in [0, 0.05) is 46.4 Å². The van der Waals surface area contributed by atoms with Crippen molar-refractivity contribution in [3.8, 4) is 0 Å². The van der Waals surface area contributed by atoms with E-state index < -0.39 is 0 Å². The highest BCUT2D eigenvalue weighted by Crippen LogP contribution is 2.43. The Morgan fingerprint density at radius 2 is 2.08 bits per heavy atom. The molecule has 2 fully saturated rings. The zero-order chi connectivity index (χ0) is 17.3. The Hall–Kier alpha value is -0.810. The van der Waals surface area contributed by atoms with Crippen LogP contribution in [0.5, 0.6) is 0 Å². The van der Waals surface area contributed by atoms with Crippen molar-refractivity contribution < 1.29 is 4.74 Å². The summed E-state index contributed by atoms with van der Waals surface area (Å²) in [5.74, 6) is 0.949. The smallest absolute Gasteiger partial charge is 0.190 e. The number of piperidine rings is 1. The average Bonchev–Trinajstić information content (AvgIpc) is 2.56. The molecule has 0 amide bonds. The van der Waals surface area contributed by atoms with Crippen molar-refractivity contribution in [2.45, 2.75) is 64.3 Å². The van der Waals surface area contributed by atoms with E-state index in [4.69, 9.17) is 4.74 Å². The number of hydrogen-bond acceptors (Lipinski definition) is 3. The van der Waals surface area contributed by atoms with E-state index in [1.807, 2.05) is 7.05 Å². The number of nitrogens with zero attached hydrogens (tertiary/aromatic N) is 2. The van der Waals surface area contributed by atoms with Gasteiger partial charge in [-0.05, 0) is 57.4 Å². The lowest BCUT2D eigenvalue weighted by molar-refractivity contribution is 0.0732. The Balaban J connectivity index is 1.61. The van der Waals surface area contributed by atoms with Crippen molar-refractivity contribution in [1.29, 1.82) is 0 Å². The van der Waals surface area contributed by atoms with E-state index in [9.17, 15) is 0 Å². The number of rotatable bonds is 9. The van der Waals surface area contributed by atoms with Crippen LogP contribution >= 0.6 is 0 Å². The summed E-state index contributed by atoms with van der Waals surface area (Å²) in [5.41, 5.74) is 0.427. The second-order valence-corrected chi connectivity index (χ2v) is 7.68. The molecule has 1 aliphatic heterocycles. The molecule has 1 unspecified atom stereocenters. The number of nitrogens with one attached hydrogen (secondary N) is 2. The summed E-state index contributed by atoms with van der Waals surface area (Å²) in [6.07, 6.45) is 10.4. The zero-order valence-electron chi connectivity index (χ0n) is 16.1. The van der Waals surface area contributed by atoms with Gasteiger partial charge in [-0.15, -0.1) is 0 Å². The molecule has 2 N–H and O–H groups in total. The minimum absolute atomic E-state index is 0.427. The molecule has 1 atom stereocenters. The Morgan fingerprint density at radius 3 is 2.71 bits per heavy atom. The van der Waals surface area contributed by atoms with Gasteiger partial charge < -0.3 is 20.3 Å². The van der Waals surface area contributed by atoms with Gasteiger partial charge in [-0.3, -0.25) is 4.99 Å². The summed E-state index contributed by atoms with van der Waals surface area (Å²) in [6, 6.07) is 0.760. The standard InChI is InChI=1S/C19H38N4O/c1-17-8-4-5-13-23(17)14-7-12-21-18(20-2)22-16-19(9-6-10-19)11-15-24-3/h17H,4-16H2,1-3H3,(H2,20,21,22). The van der Waals surface area contributed by atoms with Gasteiger partial charge in [-0.25, -0.2) is 0 Å². The molecule has 0 bridgehead atoms.